The van der Waals surface area contributed by atoms with Crippen molar-refractivity contribution in [2.24, 2.45) is 0 Å². The molecule has 3 N–H and O–H groups in total. The zero-order valence-electron chi connectivity index (χ0n) is 19.0. The number of hydrogen-bond acceptors (Lipinski definition) is 5. The summed E-state index contributed by atoms with van der Waals surface area (Å²) in [6.45, 7) is 0.688. The zero-order valence-corrected chi connectivity index (χ0v) is 19.8. The van der Waals surface area contributed by atoms with Gasteiger partial charge in [0, 0.05) is 29.0 Å². The number of aromatic nitrogens is 1. The smallest absolute Gasteiger partial charge is 0.284 e. The number of hydroxylamine groups is 1. The fourth-order valence-corrected chi connectivity index (χ4v) is 5.07. The van der Waals surface area contributed by atoms with E-state index in [9.17, 15) is 4.79 Å². The molecule has 5 aromatic rings. The number of nitrogens with zero attached hydrogens (tertiary/aromatic N) is 1. The lowest BCUT2D eigenvalue weighted by molar-refractivity contribution is 0.0711. The number of pyridine rings is 1. The highest BCUT2D eigenvalue weighted by atomic mass is 32.1. The van der Waals surface area contributed by atoms with Gasteiger partial charge in [-0.1, -0.05) is 66.7 Å². The van der Waals surface area contributed by atoms with Gasteiger partial charge in [-0.05, 0) is 59.0 Å². The van der Waals surface area contributed by atoms with Crippen molar-refractivity contribution in [1.82, 2.24) is 15.8 Å². The molecule has 1 amide bonds. The van der Waals surface area contributed by atoms with Gasteiger partial charge < -0.3 is 5.32 Å². The molecule has 0 aliphatic heterocycles. The quantitative estimate of drug-likeness (QED) is 0.184. The van der Waals surface area contributed by atoms with Crippen molar-refractivity contribution in [2.75, 3.05) is 0 Å². The lowest BCUT2D eigenvalue weighted by atomic mass is 9.98. The van der Waals surface area contributed by atoms with Crippen LogP contribution < -0.4 is 10.8 Å². The maximum Gasteiger partial charge on any atom is 0.284 e. The second-order valence-corrected chi connectivity index (χ2v) is 9.47. The maximum atomic E-state index is 11.7. The average Bonchev–Trinajstić information content (AvgIpc) is 3.42. The van der Waals surface area contributed by atoms with Gasteiger partial charge in [0.05, 0.1) is 10.4 Å². The molecule has 0 saturated heterocycles. The minimum Gasteiger partial charge on any atom is -0.305 e. The van der Waals surface area contributed by atoms with Crippen LogP contribution in [0.25, 0.3) is 21.3 Å². The molecule has 3 aromatic carbocycles. The van der Waals surface area contributed by atoms with E-state index in [4.69, 9.17) is 5.21 Å². The summed E-state index contributed by atoms with van der Waals surface area (Å²) in [5, 5.41) is 13.8. The third-order valence-electron chi connectivity index (χ3n) is 5.99. The number of para-hydroxylation sites is 1. The highest BCUT2D eigenvalue weighted by Crippen LogP contribution is 2.29. The molecule has 35 heavy (non-hydrogen) atoms. The number of fused-ring (bicyclic) bond motifs is 1. The highest BCUT2D eigenvalue weighted by Gasteiger charge is 2.14. The van der Waals surface area contributed by atoms with E-state index in [1.54, 1.807) is 11.5 Å². The first-order valence-corrected chi connectivity index (χ1v) is 12.3. The van der Waals surface area contributed by atoms with Crippen molar-refractivity contribution in [2.45, 2.75) is 19.0 Å². The fourth-order valence-electron chi connectivity index (χ4n) is 4.18. The fraction of sp³-hybridized carbons (Fsp3) is 0.103. The molecule has 1 unspecified atom stereocenters. The van der Waals surface area contributed by atoms with Crippen LogP contribution in [-0.2, 0) is 13.0 Å². The Bertz CT molecular complexity index is 1450. The number of thiophene rings is 1. The summed E-state index contributed by atoms with van der Waals surface area (Å²) in [6.07, 6.45) is 2.82. The van der Waals surface area contributed by atoms with Gasteiger partial charge in [-0.15, -0.1) is 11.3 Å². The highest BCUT2D eigenvalue weighted by molar-refractivity contribution is 7.17. The van der Waals surface area contributed by atoms with E-state index in [1.807, 2.05) is 48.7 Å². The number of amides is 1. The molecule has 2 aromatic heterocycles. The van der Waals surface area contributed by atoms with Gasteiger partial charge in [-0.2, -0.15) is 0 Å². The van der Waals surface area contributed by atoms with Crippen LogP contribution in [0.4, 0.5) is 0 Å². The molecule has 5 rings (SSSR count). The van der Waals surface area contributed by atoms with Crippen molar-refractivity contribution < 1.29 is 10.0 Å². The maximum absolute atomic E-state index is 11.7. The first kappa shape index (κ1) is 22.9. The van der Waals surface area contributed by atoms with Crippen LogP contribution in [0.3, 0.4) is 0 Å². The molecule has 0 fully saturated rings. The lowest BCUT2D eigenvalue weighted by Crippen LogP contribution is -2.23. The minimum absolute atomic E-state index is 0.0970. The molecular formula is C29H25N3O2S. The molecule has 174 valence electrons. The Kier molecular flexibility index (Phi) is 6.95. The van der Waals surface area contributed by atoms with Crippen molar-refractivity contribution in [1.29, 1.82) is 0 Å². The van der Waals surface area contributed by atoms with E-state index in [0.717, 1.165) is 38.9 Å². The van der Waals surface area contributed by atoms with Crippen LogP contribution in [0.15, 0.2) is 103 Å². The van der Waals surface area contributed by atoms with E-state index < -0.39 is 5.91 Å². The molecule has 0 aliphatic rings. The summed E-state index contributed by atoms with van der Waals surface area (Å²) in [5.41, 5.74) is 7.29. The Balaban J connectivity index is 1.38. The molecule has 6 heteroatoms. The molecule has 0 saturated carbocycles. The van der Waals surface area contributed by atoms with Gasteiger partial charge in [0.1, 0.15) is 0 Å². The van der Waals surface area contributed by atoms with Gasteiger partial charge in [0.2, 0.25) is 0 Å². The van der Waals surface area contributed by atoms with E-state index in [2.05, 4.69) is 58.8 Å². The summed E-state index contributed by atoms with van der Waals surface area (Å²) in [4.78, 5) is 17.8. The van der Waals surface area contributed by atoms with Gasteiger partial charge >= 0.3 is 0 Å². The number of rotatable bonds is 8. The summed E-state index contributed by atoms with van der Waals surface area (Å²) in [6, 6.07) is 32.9. The Labute approximate surface area is 208 Å². The average molecular weight is 480 g/mol. The zero-order chi connectivity index (χ0) is 24.0. The Hall–Kier alpha value is -3.84. The first-order valence-electron chi connectivity index (χ1n) is 11.5. The third kappa shape index (κ3) is 5.46. The lowest BCUT2D eigenvalue weighted by Gasteiger charge is -2.20. The van der Waals surface area contributed by atoms with Gasteiger partial charge in [-0.3, -0.25) is 15.0 Å². The number of carbonyl (C=O) groups excluding carboxylic acids is 1. The van der Waals surface area contributed by atoms with Crippen molar-refractivity contribution >= 4 is 28.1 Å². The predicted molar refractivity (Wildman–Crippen MR) is 140 cm³/mol. The predicted octanol–water partition coefficient (Wildman–Crippen LogP) is 6.16. The molecule has 1 atom stereocenters. The molecule has 5 nitrogen and oxygen atoms in total. The van der Waals surface area contributed by atoms with Crippen molar-refractivity contribution in [3.05, 3.63) is 125 Å². The number of nitrogens with one attached hydrogen (secondary N) is 2. The van der Waals surface area contributed by atoms with Crippen molar-refractivity contribution in [3.63, 3.8) is 0 Å². The standard InChI is InChI=1S/C29H25N3O2S/c33-29(32-34)28-14-13-27(35-28)23-11-6-9-21(15-23)18-30-26(16-20-7-2-1-3-8-20)24-17-22-10-4-5-12-25(22)31-19-24/h1-15,17,19,26,30,34H,16,18H2,(H,32,33). The Morgan fingerprint density at radius 1 is 0.886 bits per heavy atom. The summed E-state index contributed by atoms with van der Waals surface area (Å²) in [7, 11) is 0. The molecule has 2 heterocycles. The molecular weight excluding hydrogens is 454 g/mol. The number of benzene rings is 3. The minimum atomic E-state index is -0.494. The summed E-state index contributed by atoms with van der Waals surface area (Å²) >= 11 is 1.35. The van der Waals surface area contributed by atoms with E-state index in [-0.39, 0.29) is 6.04 Å². The van der Waals surface area contributed by atoms with Gasteiger partial charge in [-0.25, -0.2) is 5.48 Å². The van der Waals surface area contributed by atoms with E-state index >= 15 is 0 Å². The van der Waals surface area contributed by atoms with Crippen LogP contribution in [0.1, 0.15) is 32.4 Å². The van der Waals surface area contributed by atoms with Crippen LogP contribution in [0.5, 0.6) is 0 Å². The third-order valence-corrected chi connectivity index (χ3v) is 7.13. The summed E-state index contributed by atoms with van der Waals surface area (Å²) < 4.78 is 0. The van der Waals surface area contributed by atoms with Crippen LogP contribution >= 0.6 is 11.3 Å². The molecule has 0 spiro atoms. The second-order valence-electron chi connectivity index (χ2n) is 8.39. The normalized spacial score (nSPS) is 11.9. The monoisotopic (exact) mass is 479 g/mol. The SMILES string of the molecule is O=C(NO)c1ccc(-c2cccc(CNC(Cc3ccccc3)c3cnc4ccccc4c3)c2)s1. The second kappa shape index (κ2) is 10.6. The molecule has 0 aliphatic carbocycles. The van der Waals surface area contributed by atoms with Gasteiger partial charge in [0.25, 0.3) is 5.91 Å². The Morgan fingerprint density at radius 3 is 2.54 bits per heavy atom. The van der Waals surface area contributed by atoms with Gasteiger partial charge in [0.15, 0.2) is 0 Å². The number of hydrogen-bond donors (Lipinski definition) is 3. The van der Waals surface area contributed by atoms with Crippen LogP contribution in [-0.4, -0.2) is 16.1 Å². The molecule has 0 radical (unpaired) electrons. The Morgan fingerprint density at radius 2 is 1.69 bits per heavy atom. The van der Waals surface area contributed by atoms with E-state index in [1.165, 1.54) is 16.9 Å². The first-order chi connectivity index (χ1) is 17.2. The largest absolute Gasteiger partial charge is 0.305 e. The summed E-state index contributed by atoms with van der Waals surface area (Å²) in [5.74, 6) is -0.494. The van der Waals surface area contributed by atoms with Crippen molar-refractivity contribution in [3.8, 4) is 10.4 Å². The van der Waals surface area contributed by atoms with E-state index in [0.29, 0.717) is 11.4 Å². The topological polar surface area (TPSA) is 74.2 Å². The number of carbonyl (C=O) groups is 1. The van der Waals surface area contributed by atoms with Crippen LogP contribution in [0, 0.1) is 0 Å². The molecule has 0 bridgehead atoms. The van der Waals surface area contributed by atoms with Crippen LogP contribution in [0.2, 0.25) is 0 Å².